The minimum absolute atomic E-state index is 0.116. The topological polar surface area (TPSA) is 86.8 Å². The first-order chi connectivity index (χ1) is 8.46. The van der Waals surface area contributed by atoms with Gasteiger partial charge in [-0.15, -0.1) is 0 Å². The second-order valence-corrected chi connectivity index (χ2v) is 5.99. The molecule has 1 saturated carbocycles. The number of carbonyl (C=O) groups excluding carboxylic acids is 1. The highest BCUT2D eigenvalue weighted by Crippen LogP contribution is 2.40. The van der Waals surface area contributed by atoms with E-state index in [1.165, 1.54) is 0 Å². The Morgan fingerprint density at radius 1 is 1.39 bits per heavy atom. The van der Waals surface area contributed by atoms with Gasteiger partial charge < -0.3 is 20.7 Å². The third-order valence-corrected chi connectivity index (χ3v) is 4.69. The summed E-state index contributed by atoms with van der Waals surface area (Å²) in [6.45, 7) is 2.66. The lowest BCUT2D eigenvalue weighted by molar-refractivity contribution is -0.135. The number of rotatable bonds is 3. The van der Waals surface area contributed by atoms with Crippen molar-refractivity contribution in [3.8, 4) is 0 Å². The molecule has 18 heavy (non-hydrogen) atoms. The molecule has 0 spiro atoms. The first kappa shape index (κ1) is 13.8. The number of nitrogens with zero attached hydrogens (tertiary/aromatic N) is 1. The normalized spacial score (nSPS) is 28.4. The Hall–Kier alpha value is -0.585. The van der Waals surface area contributed by atoms with Gasteiger partial charge in [-0.2, -0.15) is 0 Å². The van der Waals surface area contributed by atoms with E-state index < -0.39 is 19.1 Å². The lowest BCUT2D eigenvalue weighted by Gasteiger charge is -2.35. The van der Waals surface area contributed by atoms with E-state index in [1.807, 2.05) is 0 Å². The summed E-state index contributed by atoms with van der Waals surface area (Å²) in [6, 6.07) is -0.514. The minimum Gasteiger partial charge on any atom is -0.426 e. The minimum atomic E-state index is -1.46. The Morgan fingerprint density at radius 3 is 2.56 bits per heavy atom. The summed E-state index contributed by atoms with van der Waals surface area (Å²) in [7, 11) is -1.46. The van der Waals surface area contributed by atoms with Gasteiger partial charge in [0.05, 0.1) is 12.0 Å². The van der Waals surface area contributed by atoms with Gasteiger partial charge in [-0.1, -0.05) is 19.8 Å². The van der Waals surface area contributed by atoms with Crippen molar-refractivity contribution in [2.45, 2.75) is 57.4 Å². The van der Waals surface area contributed by atoms with Crippen LogP contribution in [0.3, 0.4) is 0 Å². The van der Waals surface area contributed by atoms with Gasteiger partial charge in [-0.05, 0) is 31.1 Å². The standard InChI is InChI=1S/C12H23BN2O3/c1-12(6-2-3-7-12)10(14)11(16)15-8-4-5-9(15)13(17)18/h9-10,17-18H,2-8,14H2,1H3. The van der Waals surface area contributed by atoms with Crippen molar-refractivity contribution in [1.29, 1.82) is 0 Å². The molecule has 2 rings (SSSR count). The van der Waals surface area contributed by atoms with Crippen molar-refractivity contribution in [2.24, 2.45) is 11.1 Å². The average molecular weight is 254 g/mol. The number of nitrogens with two attached hydrogens (primary N) is 1. The van der Waals surface area contributed by atoms with E-state index in [2.05, 4.69) is 6.92 Å². The van der Waals surface area contributed by atoms with E-state index in [-0.39, 0.29) is 11.3 Å². The van der Waals surface area contributed by atoms with Gasteiger partial charge >= 0.3 is 7.12 Å². The maximum Gasteiger partial charge on any atom is 0.475 e. The maximum atomic E-state index is 12.4. The van der Waals surface area contributed by atoms with Gasteiger partial charge in [0, 0.05) is 6.54 Å². The van der Waals surface area contributed by atoms with Crippen LogP contribution in [0.2, 0.25) is 0 Å². The smallest absolute Gasteiger partial charge is 0.426 e. The Bertz CT molecular complexity index is 314. The van der Waals surface area contributed by atoms with Crippen LogP contribution in [0.15, 0.2) is 0 Å². The number of likely N-dealkylation sites (tertiary alicyclic amines) is 1. The molecular weight excluding hydrogens is 231 g/mol. The summed E-state index contributed by atoms with van der Waals surface area (Å²) in [6.07, 6.45) is 5.69. The molecule has 0 radical (unpaired) electrons. The molecule has 0 bridgehead atoms. The third-order valence-electron chi connectivity index (χ3n) is 4.69. The molecule has 1 saturated heterocycles. The van der Waals surface area contributed by atoms with E-state index in [9.17, 15) is 14.8 Å². The molecule has 102 valence electrons. The van der Waals surface area contributed by atoms with Crippen molar-refractivity contribution in [3.05, 3.63) is 0 Å². The molecule has 1 amide bonds. The monoisotopic (exact) mass is 254 g/mol. The molecule has 0 aromatic carbocycles. The zero-order chi connectivity index (χ0) is 13.3. The fourth-order valence-electron chi connectivity index (χ4n) is 3.35. The number of carbonyl (C=O) groups is 1. The molecule has 6 heteroatoms. The highest BCUT2D eigenvalue weighted by atomic mass is 16.4. The van der Waals surface area contributed by atoms with Crippen LogP contribution in [0, 0.1) is 5.41 Å². The van der Waals surface area contributed by atoms with Crippen LogP contribution in [0.1, 0.15) is 45.4 Å². The second kappa shape index (κ2) is 5.19. The summed E-state index contributed by atoms with van der Waals surface area (Å²) in [5.74, 6) is -0.594. The first-order valence-electron chi connectivity index (χ1n) is 6.88. The quantitative estimate of drug-likeness (QED) is 0.614. The predicted octanol–water partition coefficient (Wildman–Crippen LogP) is -0.103. The Labute approximate surface area is 108 Å². The number of hydrogen-bond donors (Lipinski definition) is 3. The Kier molecular flexibility index (Phi) is 3.99. The predicted molar refractivity (Wildman–Crippen MR) is 69.5 cm³/mol. The number of hydrogen-bond acceptors (Lipinski definition) is 4. The van der Waals surface area contributed by atoms with Crippen LogP contribution in [-0.4, -0.2) is 46.5 Å². The van der Waals surface area contributed by atoms with E-state index in [4.69, 9.17) is 5.73 Å². The van der Waals surface area contributed by atoms with Gasteiger partial charge in [-0.3, -0.25) is 4.79 Å². The summed E-state index contributed by atoms with van der Waals surface area (Å²) in [5.41, 5.74) is 6.02. The van der Waals surface area contributed by atoms with Crippen molar-refractivity contribution < 1.29 is 14.8 Å². The zero-order valence-corrected chi connectivity index (χ0v) is 11.0. The first-order valence-corrected chi connectivity index (χ1v) is 6.88. The molecule has 0 aromatic heterocycles. The van der Waals surface area contributed by atoms with Crippen LogP contribution in [0.4, 0.5) is 0 Å². The zero-order valence-electron chi connectivity index (χ0n) is 11.0. The Morgan fingerprint density at radius 2 is 2.00 bits per heavy atom. The van der Waals surface area contributed by atoms with Gasteiger partial charge in [0.25, 0.3) is 0 Å². The molecule has 1 heterocycles. The van der Waals surface area contributed by atoms with Crippen LogP contribution >= 0.6 is 0 Å². The average Bonchev–Trinajstić information content (AvgIpc) is 2.96. The highest BCUT2D eigenvalue weighted by Gasteiger charge is 2.44. The number of amides is 1. The summed E-state index contributed by atoms with van der Waals surface area (Å²) >= 11 is 0. The van der Waals surface area contributed by atoms with Crippen LogP contribution in [-0.2, 0) is 4.79 Å². The second-order valence-electron chi connectivity index (χ2n) is 5.99. The van der Waals surface area contributed by atoms with Crippen molar-refractivity contribution in [2.75, 3.05) is 6.54 Å². The largest absolute Gasteiger partial charge is 0.475 e. The molecule has 0 aromatic rings. The molecule has 2 fully saturated rings. The van der Waals surface area contributed by atoms with Crippen LogP contribution in [0.5, 0.6) is 0 Å². The maximum absolute atomic E-state index is 12.4. The van der Waals surface area contributed by atoms with E-state index >= 15 is 0 Å². The fraction of sp³-hybridized carbons (Fsp3) is 0.917. The van der Waals surface area contributed by atoms with Crippen molar-refractivity contribution in [1.82, 2.24) is 4.90 Å². The SMILES string of the molecule is CC1(C(N)C(=O)N2CCCC2B(O)O)CCCC1. The van der Waals surface area contributed by atoms with E-state index in [1.54, 1.807) is 4.90 Å². The molecule has 5 nitrogen and oxygen atoms in total. The molecular formula is C12H23BN2O3. The molecule has 1 aliphatic carbocycles. The molecule has 2 unspecified atom stereocenters. The van der Waals surface area contributed by atoms with E-state index in [0.717, 1.165) is 32.1 Å². The lowest BCUT2D eigenvalue weighted by atomic mass is 9.76. The lowest BCUT2D eigenvalue weighted by Crippen LogP contribution is -2.55. The molecule has 1 aliphatic heterocycles. The molecule has 2 aliphatic rings. The molecule has 4 N–H and O–H groups in total. The van der Waals surface area contributed by atoms with Gasteiger partial charge in [0.1, 0.15) is 0 Å². The van der Waals surface area contributed by atoms with Crippen molar-refractivity contribution in [3.63, 3.8) is 0 Å². The van der Waals surface area contributed by atoms with E-state index in [0.29, 0.717) is 13.0 Å². The molecule has 2 atom stereocenters. The van der Waals surface area contributed by atoms with Gasteiger partial charge in [-0.25, -0.2) is 0 Å². The highest BCUT2D eigenvalue weighted by molar-refractivity contribution is 6.43. The fourth-order valence-corrected chi connectivity index (χ4v) is 3.35. The van der Waals surface area contributed by atoms with Crippen LogP contribution in [0.25, 0.3) is 0 Å². The van der Waals surface area contributed by atoms with Gasteiger partial charge in [0.2, 0.25) is 5.91 Å². The van der Waals surface area contributed by atoms with Gasteiger partial charge in [0.15, 0.2) is 0 Å². The summed E-state index contributed by atoms with van der Waals surface area (Å²) < 4.78 is 0. The van der Waals surface area contributed by atoms with Crippen molar-refractivity contribution >= 4 is 13.0 Å². The third kappa shape index (κ3) is 2.42. The summed E-state index contributed by atoms with van der Waals surface area (Å²) in [5, 5.41) is 18.6. The van der Waals surface area contributed by atoms with Crippen LogP contribution < -0.4 is 5.73 Å². The summed E-state index contributed by atoms with van der Waals surface area (Å²) in [4.78, 5) is 14.0. The Balaban J connectivity index is 2.06.